The number of hydrogen-bond donors (Lipinski definition) is 1. The molecule has 1 unspecified atom stereocenters. The van der Waals surface area contributed by atoms with Crippen molar-refractivity contribution in [2.45, 2.75) is 39.7 Å². The van der Waals surface area contributed by atoms with E-state index in [1.54, 1.807) is 0 Å². The van der Waals surface area contributed by atoms with E-state index in [4.69, 9.17) is 0 Å². The molecule has 0 spiro atoms. The largest absolute Gasteiger partial charge is 0.357 e. The Balaban J connectivity index is 2.89. The van der Waals surface area contributed by atoms with Crippen molar-refractivity contribution in [2.75, 3.05) is 24.3 Å². The third-order valence-electron chi connectivity index (χ3n) is 2.79. The van der Waals surface area contributed by atoms with Crippen molar-refractivity contribution < 1.29 is 0 Å². The lowest BCUT2D eigenvalue weighted by Gasteiger charge is -2.26. The second-order valence-electron chi connectivity index (χ2n) is 4.19. The molecular formula is C12H22N4. The van der Waals surface area contributed by atoms with Gasteiger partial charge in [-0.15, -0.1) is 0 Å². The molecule has 1 aromatic heterocycles. The molecule has 4 nitrogen and oxygen atoms in total. The fourth-order valence-electron chi connectivity index (χ4n) is 1.68. The summed E-state index contributed by atoms with van der Waals surface area (Å²) in [4.78, 5) is 11.0. The van der Waals surface area contributed by atoms with Crippen LogP contribution in [0.3, 0.4) is 0 Å². The summed E-state index contributed by atoms with van der Waals surface area (Å²) in [5.41, 5.74) is 0.991. The molecule has 1 N–H and O–H groups in total. The van der Waals surface area contributed by atoms with Gasteiger partial charge in [-0.2, -0.15) is 4.98 Å². The van der Waals surface area contributed by atoms with Crippen LogP contribution in [-0.2, 0) is 0 Å². The maximum Gasteiger partial charge on any atom is 0.224 e. The number of hydrogen-bond acceptors (Lipinski definition) is 4. The highest BCUT2D eigenvalue weighted by Gasteiger charge is 2.11. The molecule has 4 heteroatoms. The highest BCUT2D eigenvalue weighted by atomic mass is 15.2. The summed E-state index contributed by atoms with van der Waals surface area (Å²) in [6, 6.07) is 2.52. The molecule has 0 bridgehead atoms. The molecule has 0 aromatic carbocycles. The van der Waals surface area contributed by atoms with E-state index in [1.165, 1.54) is 12.8 Å². The Morgan fingerprint density at radius 3 is 2.69 bits per heavy atom. The second kappa shape index (κ2) is 5.68. The smallest absolute Gasteiger partial charge is 0.224 e. The highest BCUT2D eigenvalue weighted by Crippen LogP contribution is 2.17. The van der Waals surface area contributed by atoms with Crippen LogP contribution in [0, 0.1) is 6.92 Å². The summed E-state index contributed by atoms with van der Waals surface area (Å²) in [5.74, 6) is 1.67. The third kappa shape index (κ3) is 3.08. The van der Waals surface area contributed by atoms with Crippen LogP contribution in [0.5, 0.6) is 0 Å². The van der Waals surface area contributed by atoms with Gasteiger partial charge in [-0.3, -0.25) is 0 Å². The number of nitrogens with zero attached hydrogens (tertiary/aromatic N) is 3. The van der Waals surface area contributed by atoms with Crippen LogP contribution in [0.15, 0.2) is 6.07 Å². The van der Waals surface area contributed by atoms with Gasteiger partial charge in [0.2, 0.25) is 5.95 Å². The lowest BCUT2D eigenvalue weighted by atomic mass is 10.2. The number of nitrogens with one attached hydrogen (secondary N) is 1. The summed E-state index contributed by atoms with van der Waals surface area (Å²) in [7, 11) is 3.93. The van der Waals surface area contributed by atoms with Crippen LogP contribution in [-0.4, -0.2) is 30.1 Å². The van der Waals surface area contributed by atoms with Crippen LogP contribution in [0.2, 0.25) is 0 Å². The molecule has 0 radical (unpaired) electrons. The van der Waals surface area contributed by atoms with E-state index < -0.39 is 0 Å². The van der Waals surface area contributed by atoms with E-state index in [9.17, 15) is 0 Å². The first-order chi connectivity index (χ1) is 7.58. The molecule has 1 atom stereocenters. The van der Waals surface area contributed by atoms with Gasteiger partial charge in [0, 0.05) is 31.9 Å². The number of aryl methyl sites for hydroxylation is 1. The van der Waals surface area contributed by atoms with Crippen LogP contribution < -0.4 is 10.2 Å². The van der Waals surface area contributed by atoms with Crippen LogP contribution in [0.25, 0.3) is 0 Å². The molecule has 0 aliphatic carbocycles. The van der Waals surface area contributed by atoms with Crippen LogP contribution >= 0.6 is 0 Å². The number of anilines is 2. The summed E-state index contributed by atoms with van der Waals surface area (Å²) in [6.07, 6.45) is 2.36. The fraction of sp³-hybridized carbons (Fsp3) is 0.667. The molecule has 0 aliphatic rings. The van der Waals surface area contributed by atoms with Crippen molar-refractivity contribution in [1.29, 1.82) is 0 Å². The first-order valence-corrected chi connectivity index (χ1v) is 5.84. The van der Waals surface area contributed by atoms with Crippen molar-refractivity contribution in [3.63, 3.8) is 0 Å². The Hall–Kier alpha value is -1.32. The normalized spacial score (nSPS) is 12.3. The molecule has 0 aliphatic heterocycles. The van der Waals surface area contributed by atoms with Gasteiger partial charge in [-0.05, 0) is 20.3 Å². The van der Waals surface area contributed by atoms with Crippen molar-refractivity contribution in [1.82, 2.24) is 9.97 Å². The molecule has 0 amide bonds. The first-order valence-electron chi connectivity index (χ1n) is 5.84. The maximum atomic E-state index is 4.46. The highest BCUT2D eigenvalue weighted by molar-refractivity contribution is 5.44. The van der Waals surface area contributed by atoms with E-state index in [0.717, 1.165) is 11.5 Å². The Morgan fingerprint density at radius 2 is 2.12 bits per heavy atom. The van der Waals surface area contributed by atoms with Gasteiger partial charge in [0.25, 0.3) is 0 Å². The van der Waals surface area contributed by atoms with E-state index in [1.807, 2.05) is 20.0 Å². The van der Waals surface area contributed by atoms with E-state index in [-0.39, 0.29) is 0 Å². The first kappa shape index (κ1) is 12.7. The minimum absolute atomic E-state index is 0.504. The molecule has 1 heterocycles. The van der Waals surface area contributed by atoms with Gasteiger partial charge in [0.15, 0.2) is 0 Å². The Morgan fingerprint density at radius 1 is 1.44 bits per heavy atom. The van der Waals surface area contributed by atoms with Crippen LogP contribution in [0.1, 0.15) is 32.4 Å². The Labute approximate surface area is 98.1 Å². The van der Waals surface area contributed by atoms with E-state index in [2.05, 4.69) is 41.1 Å². The third-order valence-corrected chi connectivity index (χ3v) is 2.79. The van der Waals surface area contributed by atoms with Gasteiger partial charge in [-0.25, -0.2) is 4.98 Å². The second-order valence-corrected chi connectivity index (χ2v) is 4.19. The van der Waals surface area contributed by atoms with Crippen molar-refractivity contribution in [3.8, 4) is 0 Å². The van der Waals surface area contributed by atoms with Gasteiger partial charge in [0.05, 0.1) is 0 Å². The van der Waals surface area contributed by atoms with Crippen molar-refractivity contribution in [3.05, 3.63) is 11.8 Å². The molecule has 16 heavy (non-hydrogen) atoms. The Kier molecular flexibility index (Phi) is 4.52. The molecule has 1 aromatic rings. The van der Waals surface area contributed by atoms with Gasteiger partial charge >= 0.3 is 0 Å². The van der Waals surface area contributed by atoms with E-state index in [0.29, 0.717) is 12.0 Å². The standard InChI is InChI=1S/C12H22N4/c1-6-7-10(3)16(5)11-8-9(2)14-12(13-4)15-11/h8,10H,6-7H2,1-5H3,(H,13,14,15). The number of aromatic nitrogens is 2. The Bertz CT molecular complexity index is 338. The average Bonchev–Trinajstić information content (AvgIpc) is 2.27. The summed E-state index contributed by atoms with van der Waals surface area (Å²) in [6.45, 7) is 6.42. The van der Waals surface area contributed by atoms with Crippen LogP contribution in [0.4, 0.5) is 11.8 Å². The average molecular weight is 222 g/mol. The monoisotopic (exact) mass is 222 g/mol. The zero-order chi connectivity index (χ0) is 12.1. The van der Waals surface area contributed by atoms with Gasteiger partial charge < -0.3 is 10.2 Å². The maximum absolute atomic E-state index is 4.46. The van der Waals surface area contributed by atoms with Crippen molar-refractivity contribution >= 4 is 11.8 Å². The molecule has 0 fully saturated rings. The fourth-order valence-corrected chi connectivity index (χ4v) is 1.68. The molecule has 0 saturated heterocycles. The number of rotatable bonds is 5. The lowest BCUT2D eigenvalue weighted by molar-refractivity contribution is 0.611. The minimum Gasteiger partial charge on any atom is -0.357 e. The molecule has 1 rings (SSSR count). The zero-order valence-corrected chi connectivity index (χ0v) is 10.9. The molecular weight excluding hydrogens is 200 g/mol. The zero-order valence-electron chi connectivity index (χ0n) is 10.9. The predicted octanol–water partition coefficient (Wildman–Crippen LogP) is 2.45. The van der Waals surface area contributed by atoms with E-state index >= 15 is 0 Å². The minimum atomic E-state index is 0.504. The molecule has 90 valence electrons. The SMILES string of the molecule is CCCC(C)N(C)c1cc(C)nc(NC)n1. The topological polar surface area (TPSA) is 41.1 Å². The van der Waals surface area contributed by atoms with Gasteiger partial charge in [-0.1, -0.05) is 13.3 Å². The quantitative estimate of drug-likeness (QED) is 0.831. The summed E-state index contributed by atoms with van der Waals surface area (Å²) < 4.78 is 0. The summed E-state index contributed by atoms with van der Waals surface area (Å²) in [5, 5.41) is 2.99. The summed E-state index contributed by atoms with van der Waals surface area (Å²) >= 11 is 0. The lowest BCUT2D eigenvalue weighted by Crippen LogP contribution is -2.29. The van der Waals surface area contributed by atoms with Crippen molar-refractivity contribution in [2.24, 2.45) is 0 Å². The predicted molar refractivity (Wildman–Crippen MR) is 69.1 cm³/mol. The van der Waals surface area contributed by atoms with Gasteiger partial charge in [0.1, 0.15) is 5.82 Å². The molecule has 0 saturated carbocycles.